The molecule has 0 aliphatic rings. The minimum atomic E-state index is 1.18. The van der Waals surface area contributed by atoms with Crippen LogP contribution in [0.25, 0.3) is 270 Å². The lowest BCUT2D eigenvalue weighted by Gasteiger charge is -2.14. The first-order valence-corrected chi connectivity index (χ1v) is 50.6. The van der Waals surface area contributed by atoms with Gasteiger partial charge in [-0.1, -0.05) is 303 Å². The predicted octanol–water partition coefficient (Wildman–Crippen LogP) is 37.4. The Morgan fingerprint density at radius 2 is 0.404 bits per heavy atom. The van der Waals surface area contributed by atoms with Gasteiger partial charge in [0.05, 0.1) is 88.0 Å². The summed E-state index contributed by atoms with van der Waals surface area (Å²) in [4.78, 5) is 0. The van der Waals surface area contributed by atoms with Gasteiger partial charge in [0.1, 0.15) is 0 Å². The molecule has 0 aliphatic carbocycles. The van der Waals surface area contributed by atoms with Gasteiger partial charge in [-0.3, -0.25) is 0 Å². The van der Waals surface area contributed by atoms with Gasteiger partial charge in [0.2, 0.25) is 0 Å². The standard InChI is InChI=1S/C48H30N2S.2C42H26N2S/c1-2-13-31(14-3-1)34-15-4-8-20-41(34)49-42-21-9-5-16-35(42)39-29-32(25-27-44(39)49)33-26-28-45-40(30-33)36-17-6-10-22-43(36)50(45)46-23-12-19-38-37-18-7-11-24-47(37)51-48(38)46;1-2-11-29(12-3-1)43-35-16-7-4-13-30(35)33-25-27(21-23-37(33)43)28-22-24-38-34(26-28)31-14-5-8-17-36(31)44(38)39-18-10-20-41-42(39)32-15-6-9-19-40(32)45-41;1-2-10-29(11-3-1)43-37-15-7-4-12-31(37)34-24-27(18-21-39(34)43)28-19-22-40-35(25-28)32-13-5-8-16-38(32)44(40)30-20-23-42-36(26-30)33-14-6-9-17-41(33)45-42/h1-30H;2*1-26H. The van der Waals surface area contributed by atoms with Gasteiger partial charge in [-0.05, 0) is 233 Å². The number of thiophene rings is 3. The number of nitrogens with zero attached hydrogens (tertiary/aromatic N) is 6. The average Bonchev–Trinajstić information content (AvgIpc) is 1.57. The summed E-state index contributed by atoms with van der Waals surface area (Å²) >= 11 is 5.62. The second-order valence-corrected chi connectivity index (χ2v) is 40.1. The number of aromatic nitrogens is 6. The Bertz CT molecular complexity index is 10600. The molecule has 0 saturated carbocycles. The zero-order valence-electron chi connectivity index (χ0n) is 76.3. The number of hydrogen-bond acceptors (Lipinski definition) is 3. The monoisotopic (exact) mass is 1850 g/mol. The molecular weight excluding hydrogens is 1770 g/mol. The number of para-hydroxylation sites is 9. The number of rotatable bonds is 10. The molecule has 0 atom stereocenters. The number of fused-ring (bicyclic) bond motifs is 27. The van der Waals surface area contributed by atoms with Crippen molar-refractivity contribution in [3.8, 4) is 78.6 Å². The fourth-order valence-corrected chi connectivity index (χ4v) is 26.3. The second-order valence-electron chi connectivity index (χ2n) is 36.8. The summed E-state index contributed by atoms with van der Waals surface area (Å²) in [6, 6.07) is 182. The van der Waals surface area contributed by atoms with E-state index in [1.165, 1.54) is 270 Å². The first kappa shape index (κ1) is 80.6. The Balaban J connectivity index is 0.000000102. The van der Waals surface area contributed by atoms with Crippen LogP contribution < -0.4 is 0 Å². The molecule has 0 radical (unpaired) electrons. The highest BCUT2D eigenvalue weighted by Gasteiger charge is 2.25. The van der Waals surface area contributed by atoms with Crippen LogP contribution in [-0.2, 0) is 0 Å². The summed E-state index contributed by atoms with van der Waals surface area (Å²) in [5.41, 5.74) is 31.6. The van der Waals surface area contributed by atoms with Crippen LogP contribution in [0, 0.1) is 0 Å². The van der Waals surface area contributed by atoms with E-state index in [0.29, 0.717) is 0 Å². The molecule has 0 bridgehead atoms. The molecule has 9 aromatic heterocycles. The van der Waals surface area contributed by atoms with Crippen LogP contribution in [0.4, 0.5) is 0 Å². The van der Waals surface area contributed by atoms with Gasteiger partial charge in [0, 0.05) is 143 Å². The van der Waals surface area contributed by atoms with Crippen molar-refractivity contribution >= 4 is 225 Å². The normalized spacial score (nSPS) is 12.0. The highest BCUT2D eigenvalue weighted by Crippen LogP contribution is 2.49. The lowest BCUT2D eigenvalue weighted by Crippen LogP contribution is -1.97. The van der Waals surface area contributed by atoms with E-state index in [0.717, 1.165) is 0 Å². The van der Waals surface area contributed by atoms with Crippen LogP contribution in [-0.4, -0.2) is 27.4 Å². The lowest BCUT2D eigenvalue weighted by atomic mass is 10.0. The molecule has 9 heteroatoms. The minimum absolute atomic E-state index is 1.18. The van der Waals surface area contributed by atoms with Crippen molar-refractivity contribution in [1.82, 2.24) is 27.4 Å². The van der Waals surface area contributed by atoms with E-state index < -0.39 is 0 Å². The Labute approximate surface area is 822 Å². The van der Waals surface area contributed by atoms with Crippen LogP contribution in [0.1, 0.15) is 0 Å². The van der Waals surface area contributed by atoms with Crippen molar-refractivity contribution in [3.63, 3.8) is 0 Å². The summed E-state index contributed by atoms with van der Waals surface area (Å²) in [6.45, 7) is 0. The average molecular weight is 1850 g/mol. The van der Waals surface area contributed by atoms with E-state index in [1.54, 1.807) is 0 Å². The molecule has 0 amide bonds. The van der Waals surface area contributed by atoms with Crippen molar-refractivity contribution in [3.05, 3.63) is 497 Å². The third-order valence-electron chi connectivity index (χ3n) is 29.2. The first-order chi connectivity index (χ1) is 70.0. The highest BCUT2D eigenvalue weighted by atomic mass is 32.1. The largest absolute Gasteiger partial charge is 0.309 e. The summed E-state index contributed by atoms with van der Waals surface area (Å²) in [5, 5.41) is 23.1. The molecule has 0 spiro atoms. The molecule has 0 saturated heterocycles. The number of hydrogen-bond donors (Lipinski definition) is 0. The maximum Gasteiger partial charge on any atom is 0.0640 e. The minimum Gasteiger partial charge on any atom is -0.309 e. The second kappa shape index (κ2) is 32.5. The molecule has 9 heterocycles. The molecule has 6 nitrogen and oxygen atoms in total. The molecular formula is C132H82N6S3. The maximum absolute atomic E-state index is 2.47. The van der Waals surface area contributed by atoms with E-state index in [9.17, 15) is 0 Å². The van der Waals surface area contributed by atoms with Gasteiger partial charge in [0.15, 0.2) is 0 Å². The Morgan fingerprint density at radius 1 is 0.128 bits per heavy atom. The quantitative estimate of drug-likeness (QED) is 0.131. The van der Waals surface area contributed by atoms with Crippen LogP contribution >= 0.6 is 34.0 Å². The van der Waals surface area contributed by atoms with Crippen LogP contribution in [0.2, 0.25) is 0 Å². The zero-order valence-corrected chi connectivity index (χ0v) is 78.7. The van der Waals surface area contributed by atoms with Crippen molar-refractivity contribution in [2.45, 2.75) is 0 Å². The first-order valence-electron chi connectivity index (χ1n) is 48.2. The molecule has 22 aromatic carbocycles. The molecule has 31 aromatic rings. The summed E-state index contributed by atoms with van der Waals surface area (Å²) in [6.07, 6.45) is 0. The molecule has 0 N–H and O–H groups in total. The fourth-order valence-electron chi connectivity index (χ4n) is 22.9. The van der Waals surface area contributed by atoms with E-state index in [4.69, 9.17) is 0 Å². The van der Waals surface area contributed by atoms with E-state index in [-0.39, 0.29) is 0 Å². The predicted molar refractivity (Wildman–Crippen MR) is 606 cm³/mol. The Kier molecular flexibility index (Phi) is 18.6. The van der Waals surface area contributed by atoms with Crippen molar-refractivity contribution in [2.24, 2.45) is 0 Å². The van der Waals surface area contributed by atoms with Gasteiger partial charge >= 0.3 is 0 Å². The summed E-state index contributed by atoms with van der Waals surface area (Å²) in [5.74, 6) is 0. The topological polar surface area (TPSA) is 29.6 Å². The summed E-state index contributed by atoms with van der Waals surface area (Å²) in [7, 11) is 0. The van der Waals surface area contributed by atoms with Crippen LogP contribution in [0.3, 0.4) is 0 Å². The fraction of sp³-hybridized carbons (Fsp3) is 0. The molecule has 31 rings (SSSR count). The zero-order chi connectivity index (χ0) is 92.4. The highest BCUT2D eigenvalue weighted by molar-refractivity contribution is 7.27. The van der Waals surface area contributed by atoms with Gasteiger partial charge in [-0.25, -0.2) is 0 Å². The van der Waals surface area contributed by atoms with Crippen LogP contribution in [0.15, 0.2) is 497 Å². The van der Waals surface area contributed by atoms with Gasteiger partial charge in [-0.2, -0.15) is 0 Å². The molecule has 0 aliphatic heterocycles. The smallest absolute Gasteiger partial charge is 0.0640 e. The molecule has 0 fully saturated rings. The molecule has 0 unspecified atom stereocenters. The van der Waals surface area contributed by atoms with E-state index >= 15 is 0 Å². The SMILES string of the molecule is c1ccc(-c2ccccc2-n2c3ccccc3c3cc(-c4ccc5c(c4)c4ccccc4n5-c4cccc5c4sc4ccccc45)ccc32)cc1.c1ccc(-n2c3ccccc3c3cc(-c4ccc5c(c4)c4ccccc4n5-c4ccc5sc6ccccc6c5c4)ccc32)cc1.c1ccc(-n2c3ccccc3c3cc(-c4ccc5c(c4)c4ccccc4n5-c4cccc5sc6ccccc6c45)ccc32)cc1. The van der Waals surface area contributed by atoms with Crippen molar-refractivity contribution < 1.29 is 0 Å². The molecule has 658 valence electrons. The maximum atomic E-state index is 2.47. The van der Waals surface area contributed by atoms with Gasteiger partial charge in [0.25, 0.3) is 0 Å². The third-order valence-corrected chi connectivity index (χ3v) is 32.7. The van der Waals surface area contributed by atoms with E-state index in [1.807, 2.05) is 34.0 Å². The Hall–Kier alpha value is -17.7. The Morgan fingerprint density at radius 3 is 0.851 bits per heavy atom. The van der Waals surface area contributed by atoms with Crippen molar-refractivity contribution in [1.29, 1.82) is 0 Å². The number of benzene rings is 22. The van der Waals surface area contributed by atoms with Crippen LogP contribution in [0.5, 0.6) is 0 Å². The lowest BCUT2D eigenvalue weighted by molar-refractivity contribution is 1.18. The summed E-state index contributed by atoms with van der Waals surface area (Å²) < 4.78 is 22.5. The van der Waals surface area contributed by atoms with E-state index in [2.05, 4.69) is 525 Å². The van der Waals surface area contributed by atoms with Crippen molar-refractivity contribution in [2.75, 3.05) is 0 Å². The third kappa shape index (κ3) is 12.8. The molecule has 141 heavy (non-hydrogen) atoms. The van der Waals surface area contributed by atoms with Gasteiger partial charge < -0.3 is 27.4 Å². The van der Waals surface area contributed by atoms with Gasteiger partial charge in [-0.15, -0.1) is 34.0 Å².